The van der Waals surface area contributed by atoms with Crippen molar-refractivity contribution in [2.45, 2.75) is 35.4 Å². The highest BCUT2D eigenvalue weighted by Crippen LogP contribution is 2.41. The maximum atomic E-state index is 13.5. The van der Waals surface area contributed by atoms with Crippen LogP contribution >= 0.6 is 11.8 Å². The summed E-state index contributed by atoms with van der Waals surface area (Å²) in [4.78, 5) is 43.4. The fraction of sp³-hybridized carbons (Fsp3) is 0.348. The monoisotopic (exact) mass is 437 g/mol. The van der Waals surface area contributed by atoms with Gasteiger partial charge >= 0.3 is 6.03 Å². The number of amides is 4. The molecule has 160 valence electrons. The Balaban J connectivity index is 1.42. The second kappa shape index (κ2) is 7.60. The summed E-state index contributed by atoms with van der Waals surface area (Å²) in [6, 6.07) is 14.5. The van der Waals surface area contributed by atoms with Crippen molar-refractivity contribution in [1.29, 1.82) is 0 Å². The third kappa shape index (κ3) is 3.26. The topological polar surface area (TPSA) is 79.0 Å². The van der Waals surface area contributed by atoms with E-state index in [0.29, 0.717) is 36.1 Å². The number of para-hydroxylation sites is 2. The summed E-state index contributed by atoms with van der Waals surface area (Å²) >= 11 is 1.74. The summed E-state index contributed by atoms with van der Waals surface area (Å²) < 4.78 is 5.67. The van der Waals surface area contributed by atoms with E-state index in [9.17, 15) is 14.4 Å². The molecular formula is C23H23N3O4S. The predicted octanol–water partition coefficient (Wildman–Crippen LogP) is 3.13. The SMILES string of the molecule is C[C@H]1CCN(C(=O)CN2C(=O)N[C@@]3(CCOc4ccccc43)C2=O)c2ccccc2S1. The standard InChI is InChI=1S/C23H23N3O4S/c1-15-10-12-25(17-7-3-5-9-19(17)31-15)20(27)14-26-21(28)23(24-22(26)29)11-13-30-18-8-4-2-6-16(18)23/h2-9,15H,10-14H2,1H3,(H,24,29)/t15-,23+/m0/s1. The fourth-order valence-electron chi connectivity index (χ4n) is 4.48. The van der Waals surface area contributed by atoms with Crippen LogP contribution in [0, 0.1) is 0 Å². The van der Waals surface area contributed by atoms with E-state index in [1.807, 2.05) is 36.4 Å². The molecule has 0 bridgehead atoms. The second-order valence-electron chi connectivity index (χ2n) is 8.05. The number of imide groups is 1. The van der Waals surface area contributed by atoms with Crippen molar-refractivity contribution in [3.8, 4) is 5.75 Å². The third-order valence-electron chi connectivity index (χ3n) is 6.10. The van der Waals surface area contributed by atoms with Gasteiger partial charge in [-0.2, -0.15) is 0 Å². The normalized spacial score (nSPS) is 24.9. The van der Waals surface area contributed by atoms with Crippen molar-refractivity contribution in [3.63, 3.8) is 0 Å². The summed E-state index contributed by atoms with van der Waals surface area (Å²) in [5, 5.41) is 3.23. The van der Waals surface area contributed by atoms with Gasteiger partial charge in [-0.05, 0) is 24.6 Å². The highest BCUT2D eigenvalue weighted by atomic mass is 32.2. The molecule has 1 N–H and O–H groups in total. The second-order valence-corrected chi connectivity index (χ2v) is 9.53. The van der Waals surface area contributed by atoms with Crippen molar-refractivity contribution in [2.24, 2.45) is 0 Å². The Morgan fingerprint density at radius 2 is 1.97 bits per heavy atom. The number of ether oxygens (including phenoxy) is 1. The number of hydrogen-bond acceptors (Lipinski definition) is 5. The van der Waals surface area contributed by atoms with E-state index in [2.05, 4.69) is 12.2 Å². The lowest BCUT2D eigenvalue weighted by atomic mass is 9.84. The Morgan fingerprint density at radius 1 is 1.19 bits per heavy atom. The van der Waals surface area contributed by atoms with E-state index in [1.54, 1.807) is 28.8 Å². The van der Waals surface area contributed by atoms with Gasteiger partial charge in [0.1, 0.15) is 12.3 Å². The maximum Gasteiger partial charge on any atom is 0.325 e. The molecule has 4 amide bonds. The molecule has 0 aliphatic carbocycles. The van der Waals surface area contributed by atoms with Crippen LogP contribution in [0.4, 0.5) is 10.5 Å². The number of rotatable bonds is 2. The first-order valence-corrected chi connectivity index (χ1v) is 11.3. The third-order valence-corrected chi connectivity index (χ3v) is 7.33. The molecule has 0 unspecified atom stereocenters. The molecule has 3 aliphatic heterocycles. The number of benzene rings is 2. The Bertz CT molecular complexity index is 1070. The zero-order chi connectivity index (χ0) is 21.6. The highest BCUT2D eigenvalue weighted by molar-refractivity contribution is 8.00. The lowest BCUT2D eigenvalue weighted by Crippen LogP contribution is -2.48. The van der Waals surface area contributed by atoms with Crippen LogP contribution in [-0.4, -0.2) is 47.7 Å². The molecule has 2 aromatic carbocycles. The first-order valence-electron chi connectivity index (χ1n) is 10.4. The van der Waals surface area contributed by atoms with Crippen LogP contribution < -0.4 is 15.0 Å². The Labute approximate surface area is 184 Å². The molecule has 0 radical (unpaired) electrons. The zero-order valence-electron chi connectivity index (χ0n) is 17.2. The van der Waals surface area contributed by atoms with Gasteiger partial charge in [-0.15, -0.1) is 11.8 Å². The number of carbonyl (C=O) groups excluding carboxylic acids is 3. The summed E-state index contributed by atoms with van der Waals surface area (Å²) in [6.45, 7) is 2.72. The molecule has 8 heteroatoms. The number of thioether (sulfide) groups is 1. The number of carbonyl (C=O) groups is 3. The van der Waals surface area contributed by atoms with E-state index in [0.717, 1.165) is 21.9 Å². The number of nitrogens with zero attached hydrogens (tertiary/aromatic N) is 2. The molecule has 3 aliphatic rings. The highest BCUT2D eigenvalue weighted by Gasteiger charge is 2.55. The van der Waals surface area contributed by atoms with Crippen molar-refractivity contribution < 1.29 is 19.1 Å². The van der Waals surface area contributed by atoms with Crippen molar-refractivity contribution in [2.75, 3.05) is 24.6 Å². The van der Waals surface area contributed by atoms with Gasteiger partial charge in [0.25, 0.3) is 5.91 Å². The summed E-state index contributed by atoms with van der Waals surface area (Å²) in [5.74, 6) is -0.0708. The fourth-order valence-corrected chi connectivity index (χ4v) is 5.59. The van der Waals surface area contributed by atoms with Gasteiger partial charge in [-0.3, -0.25) is 14.5 Å². The first-order chi connectivity index (χ1) is 15.0. The van der Waals surface area contributed by atoms with Gasteiger partial charge in [0.15, 0.2) is 5.54 Å². The number of anilines is 1. The summed E-state index contributed by atoms with van der Waals surface area (Å²) in [5.41, 5.74) is 0.299. The van der Waals surface area contributed by atoms with Gasteiger partial charge in [-0.1, -0.05) is 37.3 Å². The molecule has 1 saturated heterocycles. The zero-order valence-corrected chi connectivity index (χ0v) is 18.0. The number of nitrogens with one attached hydrogen (secondary N) is 1. The van der Waals surface area contributed by atoms with Gasteiger partial charge < -0.3 is 15.0 Å². The van der Waals surface area contributed by atoms with E-state index >= 15 is 0 Å². The smallest absolute Gasteiger partial charge is 0.325 e. The average molecular weight is 438 g/mol. The van der Waals surface area contributed by atoms with Crippen molar-refractivity contribution in [1.82, 2.24) is 10.2 Å². The molecule has 3 heterocycles. The largest absolute Gasteiger partial charge is 0.493 e. The first kappa shape index (κ1) is 19.9. The molecular weight excluding hydrogens is 414 g/mol. The van der Waals surface area contributed by atoms with E-state index in [-0.39, 0.29) is 12.5 Å². The van der Waals surface area contributed by atoms with E-state index in [4.69, 9.17) is 4.74 Å². The van der Waals surface area contributed by atoms with Crippen LogP contribution in [0.2, 0.25) is 0 Å². The van der Waals surface area contributed by atoms with Gasteiger partial charge in [0, 0.05) is 28.7 Å². The van der Waals surface area contributed by atoms with Crippen LogP contribution in [-0.2, 0) is 15.1 Å². The Kier molecular flexibility index (Phi) is 4.89. The quantitative estimate of drug-likeness (QED) is 0.731. The summed E-state index contributed by atoms with van der Waals surface area (Å²) in [7, 11) is 0. The number of fused-ring (bicyclic) bond motifs is 3. The molecule has 7 nitrogen and oxygen atoms in total. The van der Waals surface area contributed by atoms with Crippen LogP contribution in [0.1, 0.15) is 25.3 Å². The van der Waals surface area contributed by atoms with Gasteiger partial charge in [-0.25, -0.2) is 4.79 Å². The molecule has 5 rings (SSSR count). The van der Waals surface area contributed by atoms with Crippen molar-refractivity contribution in [3.05, 3.63) is 54.1 Å². The molecule has 1 spiro atoms. The van der Waals surface area contributed by atoms with Crippen LogP contribution in [0.25, 0.3) is 0 Å². The molecule has 0 saturated carbocycles. The lowest BCUT2D eigenvalue weighted by molar-refractivity contribution is -0.135. The van der Waals surface area contributed by atoms with Gasteiger partial charge in [0.2, 0.25) is 5.91 Å². The minimum Gasteiger partial charge on any atom is -0.493 e. The maximum absolute atomic E-state index is 13.5. The van der Waals surface area contributed by atoms with E-state index < -0.39 is 17.5 Å². The Hall–Kier alpha value is -3.00. The molecule has 2 atom stereocenters. The van der Waals surface area contributed by atoms with Crippen LogP contribution in [0.3, 0.4) is 0 Å². The minimum atomic E-state index is -1.17. The van der Waals surface area contributed by atoms with Crippen molar-refractivity contribution >= 4 is 35.3 Å². The Morgan fingerprint density at radius 3 is 2.84 bits per heavy atom. The van der Waals surface area contributed by atoms with E-state index in [1.165, 1.54) is 0 Å². The lowest BCUT2D eigenvalue weighted by Gasteiger charge is -2.33. The molecule has 1 fully saturated rings. The van der Waals surface area contributed by atoms with Crippen LogP contribution in [0.5, 0.6) is 5.75 Å². The summed E-state index contributed by atoms with van der Waals surface area (Å²) in [6.07, 6.45) is 1.17. The molecule has 2 aromatic rings. The molecule has 31 heavy (non-hydrogen) atoms. The predicted molar refractivity (Wildman–Crippen MR) is 117 cm³/mol. The molecule has 0 aromatic heterocycles. The number of hydrogen-bond donors (Lipinski definition) is 1. The van der Waals surface area contributed by atoms with Gasteiger partial charge in [0.05, 0.1) is 12.3 Å². The average Bonchev–Trinajstić information content (AvgIpc) is 2.90. The minimum absolute atomic E-state index is 0.261. The van der Waals surface area contributed by atoms with Crippen LogP contribution in [0.15, 0.2) is 53.4 Å². The number of urea groups is 1.